The van der Waals surface area contributed by atoms with Crippen LogP contribution in [0.25, 0.3) is 10.1 Å². The number of halogens is 2. The average molecular weight is 294 g/mol. The predicted molar refractivity (Wildman–Crippen MR) is 66.3 cm³/mol. The molecule has 0 saturated carbocycles. The van der Waals surface area contributed by atoms with E-state index in [4.69, 9.17) is 11.6 Å². The van der Waals surface area contributed by atoms with Gasteiger partial charge >= 0.3 is 0 Å². The second kappa shape index (κ2) is 3.81. The maximum atomic E-state index is 6.08. The van der Waals surface area contributed by atoms with Gasteiger partial charge in [-0.15, -0.1) is 23.1 Å². The molecule has 0 spiro atoms. The lowest BCUT2D eigenvalue weighted by atomic mass is 10.3. The van der Waals surface area contributed by atoms with Crippen molar-refractivity contribution >= 4 is 60.7 Å². The molecule has 2 rings (SSSR count). The molecule has 0 aliphatic rings. The third-order valence-corrected chi connectivity index (χ3v) is 4.91. The van der Waals surface area contributed by atoms with Crippen LogP contribution in [-0.4, -0.2) is 6.26 Å². The number of thioether (sulfide) groups is 1. The third kappa shape index (κ3) is 1.75. The highest BCUT2D eigenvalue weighted by Crippen LogP contribution is 2.36. The van der Waals surface area contributed by atoms with Gasteiger partial charge in [0.2, 0.25) is 0 Å². The molecule has 0 fully saturated rings. The van der Waals surface area contributed by atoms with E-state index in [9.17, 15) is 0 Å². The molecule has 68 valence electrons. The van der Waals surface area contributed by atoms with Crippen LogP contribution in [0, 0.1) is 0 Å². The third-order valence-electron chi connectivity index (χ3n) is 1.80. The lowest BCUT2D eigenvalue weighted by Gasteiger charge is -2.00. The minimum absolute atomic E-state index is 0.842. The Bertz CT molecular complexity index is 450. The van der Waals surface area contributed by atoms with E-state index in [1.54, 1.807) is 23.1 Å². The monoisotopic (exact) mass is 292 g/mol. The van der Waals surface area contributed by atoms with E-state index < -0.39 is 0 Å². The first-order valence-corrected chi connectivity index (χ1v) is 6.90. The number of hydrogen-bond donors (Lipinski definition) is 0. The molecule has 0 saturated heterocycles. The standard InChI is InChI=1S/C9H6BrClS2/c1-12-9-2-5-6(10)4-13-8(5)3-7(9)11/h2-4H,1H3. The molecular weight excluding hydrogens is 288 g/mol. The molecule has 13 heavy (non-hydrogen) atoms. The van der Waals surface area contributed by atoms with Crippen LogP contribution in [0.3, 0.4) is 0 Å². The molecule has 0 aliphatic heterocycles. The van der Waals surface area contributed by atoms with E-state index >= 15 is 0 Å². The number of benzene rings is 1. The van der Waals surface area contributed by atoms with Gasteiger partial charge in [-0.05, 0) is 34.3 Å². The van der Waals surface area contributed by atoms with E-state index in [-0.39, 0.29) is 0 Å². The highest BCUT2D eigenvalue weighted by atomic mass is 79.9. The van der Waals surface area contributed by atoms with Gasteiger partial charge in [0, 0.05) is 24.8 Å². The van der Waals surface area contributed by atoms with Crippen molar-refractivity contribution < 1.29 is 0 Å². The van der Waals surface area contributed by atoms with Gasteiger partial charge in [0.25, 0.3) is 0 Å². The first-order valence-electron chi connectivity index (χ1n) is 3.62. The summed E-state index contributed by atoms with van der Waals surface area (Å²) in [6, 6.07) is 4.15. The van der Waals surface area contributed by atoms with Gasteiger partial charge in [-0.3, -0.25) is 0 Å². The average Bonchev–Trinajstić information content (AvgIpc) is 2.46. The van der Waals surface area contributed by atoms with E-state index in [0.29, 0.717) is 0 Å². The molecule has 0 bridgehead atoms. The molecule has 1 aromatic heterocycles. The zero-order valence-corrected chi connectivity index (χ0v) is 10.8. The number of thiophene rings is 1. The SMILES string of the molecule is CSc1cc2c(Br)csc2cc1Cl. The fourth-order valence-corrected chi connectivity index (χ4v) is 3.68. The molecular formula is C9H6BrClS2. The van der Waals surface area contributed by atoms with Gasteiger partial charge in [0.1, 0.15) is 0 Å². The maximum Gasteiger partial charge on any atom is 0.0556 e. The van der Waals surface area contributed by atoms with Crippen LogP contribution in [0.1, 0.15) is 0 Å². The van der Waals surface area contributed by atoms with Gasteiger partial charge in [0.05, 0.1) is 5.02 Å². The molecule has 1 aromatic carbocycles. The first kappa shape index (κ1) is 9.84. The highest BCUT2D eigenvalue weighted by molar-refractivity contribution is 9.10. The summed E-state index contributed by atoms with van der Waals surface area (Å²) in [6.07, 6.45) is 2.04. The van der Waals surface area contributed by atoms with Gasteiger partial charge in [0.15, 0.2) is 0 Å². The van der Waals surface area contributed by atoms with Crippen molar-refractivity contribution in [2.24, 2.45) is 0 Å². The van der Waals surface area contributed by atoms with Crippen molar-refractivity contribution in [3.63, 3.8) is 0 Å². The Morgan fingerprint density at radius 2 is 2.23 bits per heavy atom. The Labute approximate surface area is 98.4 Å². The van der Waals surface area contributed by atoms with Crippen LogP contribution < -0.4 is 0 Å². The van der Waals surface area contributed by atoms with E-state index in [0.717, 1.165) is 14.4 Å². The molecule has 0 aliphatic carbocycles. The zero-order chi connectivity index (χ0) is 9.42. The van der Waals surface area contributed by atoms with Crippen LogP contribution in [0.4, 0.5) is 0 Å². The number of fused-ring (bicyclic) bond motifs is 1. The Balaban J connectivity index is 2.77. The first-order chi connectivity index (χ1) is 6.22. The van der Waals surface area contributed by atoms with E-state index in [1.165, 1.54) is 10.1 Å². The summed E-state index contributed by atoms with van der Waals surface area (Å²) in [4.78, 5) is 1.13. The van der Waals surface area contributed by atoms with Crippen LogP contribution in [0.5, 0.6) is 0 Å². The Morgan fingerprint density at radius 1 is 1.46 bits per heavy atom. The molecule has 0 amide bonds. The summed E-state index contributed by atoms with van der Waals surface area (Å²) < 4.78 is 2.38. The van der Waals surface area contributed by atoms with Gasteiger partial charge in [-0.1, -0.05) is 11.6 Å². The largest absolute Gasteiger partial charge is 0.143 e. The van der Waals surface area contributed by atoms with Gasteiger partial charge < -0.3 is 0 Å². The summed E-state index contributed by atoms with van der Waals surface area (Å²) in [6.45, 7) is 0. The second-order valence-corrected chi connectivity index (χ2v) is 5.59. The predicted octanol–water partition coefficient (Wildman–Crippen LogP) is 5.04. The van der Waals surface area contributed by atoms with Crippen molar-refractivity contribution in [2.75, 3.05) is 6.26 Å². The van der Waals surface area contributed by atoms with Crippen LogP contribution in [0.15, 0.2) is 26.9 Å². The van der Waals surface area contributed by atoms with Crippen LogP contribution in [0.2, 0.25) is 5.02 Å². The second-order valence-electron chi connectivity index (χ2n) is 2.57. The van der Waals surface area contributed by atoms with Gasteiger partial charge in [-0.25, -0.2) is 0 Å². The lowest BCUT2D eigenvalue weighted by Crippen LogP contribution is -1.72. The molecule has 4 heteroatoms. The van der Waals surface area contributed by atoms with Crippen molar-refractivity contribution in [1.82, 2.24) is 0 Å². The normalized spacial score (nSPS) is 11.0. The van der Waals surface area contributed by atoms with Gasteiger partial charge in [-0.2, -0.15) is 0 Å². The summed E-state index contributed by atoms with van der Waals surface area (Å²) in [7, 11) is 0. The molecule has 0 nitrogen and oxygen atoms in total. The molecule has 2 aromatic rings. The lowest BCUT2D eigenvalue weighted by molar-refractivity contribution is 1.52. The topological polar surface area (TPSA) is 0 Å². The van der Waals surface area contributed by atoms with E-state index in [1.807, 2.05) is 12.3 Å². The fourth-order valence-electron chi connectivity index (χ4n) is 1.15. The van der Waals surface area contributed by atoms with Crippen molar-refractivity contribution in [1.29, 1.82) is 0 Å². The number of hydrogen-bond acceptors (Lipinski definition) is 2. The van der Waals surface area contributed by atoms with Crippen LogP contribution in [-0.2, 0) is 0 Å². The minimum atomic E-state index is 0.842. The smallest absolute Gasteiger partial charge is 0.0556 e. The summed E-state index contributed by atoms with van der Waals surface area (Å²) >= 11 is 13.0. The summed E-state index contributed by atoms with van der Waals surface area (Å²) in [5.74, 6) is 0. The zero-order valence-electron chi connectivity index (χ0n) is 6.80. The van der Waals surface area contributed by atoms with E-state index in [2.05, 4.69) is 27.4 Å². The Kier molecular flexibility index (Phi) is 2.88. The Hall–Kier alpha value is 0.300. The fraction of sp³-hybridized carbons (Fsp3) is 0.111. The highest BCUT2D eigenvalue weighted by Gasteiger charge is 2.06. The molecule has 0 N–H and O–H groups in total. The quantitative estimate of drug-likeness (QED) is 0.664. The summed E-state index contributed by atoms with van der Waals surface area (Å²) in [5, 5.41) is 4.18. The van der Waals surface area contributed by atoms with Crippen LogP contribution >= 0.6 is 50.6 Å². The minimum Gasteiger partial charge on any atom is -0.143 e. The number of rotatable bonds is 1. The maximum absolute atomic E-state index is 6.08. The molecule has 0 radical (unpaired) electrons. The van der Waals surface area contributed by atoms with Crippen molar-refractivity contribution in [2.45, 2.75) is 4.90 Å². The Morgan fingerprint density at radius 3 is 2.92 bits per heavy atom. The summed E-state index contributed by atoms with van der Waals surface area (Å²) in [5.41, 5.74) is 0. The molecule has 0 unspecified atom stereocenters. The van der Waals surface area contributed by atoms with Crippen molar-refractivity contribution in [3.05, 3.63) is 27.0 Å². The molecule has 0 atom stereocenters. The van der Waals surface area contributed by atoms with Crippen molar-refractivity contribution in [3.8, 4) is 0 Å². The molecule has 1 heterocycles.